The maximum absolute atomic E-state index is 8.98. The Morgan fingerprint density at radius 3 is 1.00 bits per heavy atom. The third-order valence-electron chi connectivity index (χ3n) is 0.667. The molecule has 0 saturated heterocycles. The molecule has 1 aromatic carbocycles. The van der Waals surface area contributed by atoms with E-state index in [9.17, 15) is 0 Å². The summed E-state index contributed by atoms with van der Waals surface area (Å²) < 4.78 is -0.889. The molecule has 0 spiro atoms. The fraction of sp³-hybridized carbons (Fsp3) is 0. The summed E-state index contributed by atoms with van der Waals surface area (Å²) >= 11 is 8.80. The third kappa shape index (κ3) is 17.7. The van der Waals surface area contributed by atoms with Crippen LogP contribution in [0.25, 0.3) is 0 Å². The van der Waals surface area contributed by atoms with Crippen molar-refractivity contribution < 1.29 is 4.79 Å². The van der Waals surface area contributed by atoms with Gasteiger partial charge in [0.2, 0.25) is 0 Å². The Kier molecular flexibility index (Phi) is 11.9. The molecule has 0 amide bonds. The lowest BCUT2D eigenvalue weighted by Gasteiger charge is -1.69. The average Bonchev–Trinajstić information content (AvgIpc) is 1.90. The molecule has 0 aliphatic rings. The van der Waals surface area contributed by atoms with Gasteiger partial charge in [-0.3, -0.25) is 4.79 Å². The van der Waals surface area contributed by atoms with Crippen molar-refractivity contribution in [2.75, 3.05) is 0 Å². The zero-order valence-corrected chi connectivity index (χ0v) is 7.86. The predicted octanol–water partition coefficient (Wildman–Crippen LogP) is 3.69. The second-order valence-corrected chi connectivity index (χ2v) is 2.26. The molecule has 0 fully saturated rings. The monoisotopic (exact) mass is 212 g/mol. The van der Waals surface area contributed by atoms with Crippen molar-refractivity contribution in [2.24, 2.45) is 0 Å². The summed E-state index contributed by atoms with van der Waals surface area (Å²) in [5.74, 6) is 0. The molecule has 0 radical (unpaired) electrons. The van der Waals surface area contributed by atoms with E-state index in [4.69, 9.17) is 4.79 Å². The summed E-state index contributed by atoms with van der Waals surface area (Å²) in [6.07, 6.45) is 0. The average molecular weight is 213 g/mol. The second kappa shape index (κ2) is 9.76. The molecular weight excluding hydrogens is 206 g/mol. The number of carbonyl (C=O) groups is 1. The van der Waals surface area contributed by atoms with Gasteiger partial charge in [0.15, 0.2) is 0 Å². The Labute approximate surface area is 81.7 Å². The standard InChI is InChI=1S/C6H6.CCl2O.ClH/c1-2-4-6-5-3-1;2-1(3)4;/h1-6H;;1H. The second-order valence-electron chi connectivity index (χ2n) is 1.38. The molecule has 1 aromatic rings. The minimum absolute atomic E-state index is 0. The Morgan fingerprint density at radius 2 is 0.909 bits per heavy atom. The van der Waals surface area contributed by atoms with Gasteiger partial charge in [-0.2, -0.15) is 0 Å². The van der Waals surface area contributed by atoms with Crippen LogP contribution < -0.4 is 0 Å². The number of rotatable bonds is 0. The highest BCUT2D eigenvalue weighted by Crippen LogP contribution is 1.84. The Bertz CT molecular complexity index is 146. The van der Waals surface area contributed by atoms with E-state index in [1.807, 2.05) is 36.4 Å². The van der Waals surface area contributed by atoms with Gasteiger partial charge in [0.1, 0.15) is 0 Å². The van der Waals surface area contributed by atoms with E-state index in [1.54, 1.807) is 0 Å². The highest BCUT2D eigenvalue weighted by Gasteiger charge is 1.72. The quantitative estimate of drug-likeness (QED) is 0.601. The molecule has 0 aliphatic heterocycles. The zero-order chi connectivity index (χ0) is 7.82. The van der Waals surface area contributed by atoms with Crippen LogP contribution >= 0.6 is 35.6 Å². The van der Waals surface area contributed by atoms with Crippen LogP contribution in [0.1, 0.15) is 0 Å². The van der Waals surface area contributed by atoms with E-state index in [2.05, 4.69) is 23.2 Å². The summed E-state index contributed by atoms with van der Waals surface area (Å²) in [6.45, 7) is 0. The first-order chi connectivity index (χ1) is 4.73. The molecule has 1 rings (SSSR count). The van der Waals surface area contributed by atoms with Crippen LogP contribution in [0.3, 0.4) is 0 Å². The molecule has 4 heteroatoms. The highest BCUT2D eigenvalue weighted by atomic mass is 35.5. The molecule has 0 unspecified atom stereocenters. The molecule has 0 bridgehead atoms. The van der Waals surface area contributed by atoms with Crippen LogP contribution in [-0.2, 0) is 0 Å². The first-order valence-electron chi connectivity index (χ1n) is 2.58. The Morgan fingerprint density at radius 1 is 0.818 bits per heavy atom. The summed E-state index contributed by atoms with van der Waals surface area (Å²) in [4.78, 5) is 8.98. The maximum Gasteiger partial charge on any atom is 0.313 e. The maximum atomic E-state index is 8.98. The fourth-order valence-corrected chi connectivity index (χ4v) is 0.385. The van der Waals surface area contributed by atoms with Crippen LogP contribution in [-0.4, -0.2) is 4.70 Å². The van der Waals surface area contributed by atoms with E-state index in [0.29, 0.717) is 0 Å². The lowest BCUT2D eigenvalue weighted by molar-refractivity contribution is 0.275. The van der Waals surface area contributed by atoms with Crippen molar-refractivity contribution >= 4 is 40.3 Å². The molecular formula is C7H7Cl3O. The molecule has 0 saturated carbocycles. The molecule has 62 valence electrons. The first kappa shape index (κ1) is 13.4. The normalized spacial score (nSPS) is 6.73. The Balaban J connectivity index is 0. The van der Waals surface area contributed by atoms with Crippen LogP contribution in [0.5, 0.6) is 0 Å². The zero-order valence-electron chi connectivity index (χ0n) is 5.54. The summed E-state index contributed by atoms with van der Waals surface area (Å²) in [5.41, 5.74) is 0. The van der Waals surface area contributed by atoms with Gasteiger partial charge in [-0.15, -0.1) is 12.4 Å². The molecule has 0 atom stereocenters. The van der Waals surface area contributed by atoms with Gasteiger partial charge in [0.25, 0.3) is 0 Å². The van der Waals surface area contributed by atoms with Gasteiger partial charge in [-0.1, -0.05) is 36.4 Å². The number of halogens is 3. The minimum atomic E-state index is -0.889. The molecule has 0 heterocycles. The van der Waals surface area contributed by atoms with E-state index in [-0.39, 0.29) is 12.4 Å². The molecule has 1 nitrogen and oxygen atoms in total. The first-order valence-corrected chi connectivity index (χ1v) is 3.34. The summed E-state index contributed by atoms with van der Waals surface area (Å²) in [5, 5.41) is 0. The van der Waals surface area contributed by atoms with E-state index in [0.717, 1.165) is 0 Å². The largest absolute Gasteiger partial charge is 0.313 e. The van der Waals surface area contributed by atoms with Crippen molar-refractivity contribution in [1.82, 2.24) is 0 Å². The van der Waals surface area contributed by atoms with Gasteiger partial charge < -0.3 is 0 Å². The van der Waals surface area contributed by atoms with Crippen molar-refractivity contribution in [1.29, 1.82) is 0 Å². The minimum Gasteiger partial charge on any atom is -0.262 e. The van der Waals surface area contributed by atoms with Crippen LogP contribution in [0, 0.1) is 0 Å². The highest BCUT2D eigenvalue weighted by molar-refractivity contribution is 6.93. The Hall–Kier alpha value is -0.240. The molecule has 11 heavy (non-hydrogen) atoms. The summed E-state index contributed by atoms with van der Waals surface area (Å²) in [6, 6.07) is 12.0. The van der Waals surface area contributed by atoms with Crippen molar-refractivity contribution in [2.45, 2.75) is 0 Å². The molecule has 0 aliphatic carbocycles. The summed E-state index contributed by atoms with van der Waals surface area (Å²) in [7, 11) is 0. The van der Waals surface area contributed by atoms with Crippen LogP contribution in [0.2, 0.25) is 0 Å². The smallest absolute Gasteiger partial charge is 0.262 e. The van der Waals surface area contributed by atoms with Crippen LogP contribution in [0.4, 0.5) is 4.79 Å². The predicted molar refractivity (Wildman–Crippen MR) is 50.8 cm³/mol. The number of benzene rings is 1. The van der Waals surface area contributed by atoms with Crippen molar-refractivity contribution in [3.8, 4) is 0 Å². The van der Waals surface area contributed by atoms with E-state index < -0.39 is 4.70 Å². The number of carbonyl (C=O) groups excluding carboxylic acids is 1. The van der Waals surface area contributed by atoms with Gasteiger partial charge >= 0.3 is 4.70 Å². The fourth-order valence-electron chi connectivity index (χ4n) is 0.385. The lowest BCUT2D eigenvalue weighted by Crippen LogP contribution is -1.47. The third-order valence-corrected chi connectivity index (χ3v) is 0.667. The van der Waals surface area contributed by atoms with Gasteiger partial charge in [-0.05, 0) is 23.2 Å². The van der Waals surface area contributed by atoms with Gasteiger partial charge in [-0.25, -0.2) is 0 Å². The molecule has 0 N–H and O–H groups in total. The topological polar surface area (TPSA) is 17.1 Å². The lowest BCUT2D eigenvalue weighted by atomic mass is 10.4. The SMILES string of the molecule is Cl.O=C(Cl)Cl.c1ccccc1. The van der Waals surface area contributed by atoms with Crippen molar-refractivity contribution in [3.63, 3.8) is 0 Å². The number of hydrogen-bond acceptors (Lipinski definition) is 1. The number of hydrogen-bond donors (Lipinski definition) is 0. The van der Waals surface area contributed by atoms with Crippen molar-refractivity contribution in [3.05, 3.63) is 36.4 Å². The van der Waals surface area contributed by atoms with Crippen LogP contribution in [0.15, 0.2) is 36.4 Å². The van der Waals surface area contributed by atoms with E-state index in [1.165, 1.54) is 0 Å². The van der Waals surface area contributed by atoms with E-state index >= 15 is 0 Å². The van der Waals surface area contributed by atoms with Gasteiger partial charge in [0.05, 0.1) is 0 Å². The molecule has 0 aromatic heterocycles. The van der Waals surface area contributed by atoms with Gasteiger partial charge in [0, 0.05) is 0 Å².